The van der Waals surface area contributed by atoms with E-state index in [9.17, 15) is 13.2 Å². The van der Waals surface area contributed by atoms with Crippen molar-refractivity contribution in [2.45, 2.75) is 83.9 Å². The smallest absolute Gasteiger partial charge is 0.229 e. The SMILES string of the molecule is CCCCC1CCC(C(=O)Nc2nc3c(s2)CN(S(=O)(=O)C(C)C)CC3)CC1. The van der Waals surface area contributed by atoms with Crippen LogP contribution in [0.4, 0.5) is 5.13 Å². The van der Waals surface area contributed by atoms with Crippen molar-refractivity contribution in [3.63, 3.8) is 0 Å². The number of fused-ring (bicyclic) bond motifs is 1. The van der Waals surface area contributed by atoms with Gasteiger partial charge >= 0.3 is 0 Å². The summed E-state index contributed by atoms with van der Waals surface area (Å²) in [4.78, 5) is 18.2. The second-order valence-corrected chi connectivity index (χ2v) is 12.0. The van der Waals surface area contributed by atoms with Crippen molar-refractivity contribution in [1.82, 2.24) is 9.29 Å². The standard InChI is InChI=1S/C20H33N3O3S2/c1-4-5-6-15-7-9-16(10-8-15)19(24)22-20-21-17-11-12-23(13-18(17)27-20)28(25,26)14(2)3/h14-16H,4-13H2,1-3H3,(H,21,22,24). The van der Waals surface area contributed by atoms with Crippen LogP contribution >= 0.6 is 11.3 Å². The summed E-state index contributed by atoms with van der Waals surface area (Å²) < 4.78 is 26.4. The number of amides is 1. The van der Waals surface area contributed by atoms with Crippen molar-refractivity contribution in [3.05, 3.63) is 10.6 Å². The molecule has 1 aliphatic carbocycles. The fraction of sp³-hybridized carbons (Fsp3) is 0.800. The van der Waals surface area contributed by atoms with Crippen LogP contribution in [-0.4, -0.2) is 35.4 Å². The first-order valence-electron chi connectivity index (χ1n) is 10.6. The van der Waals surface area contributed by atoms with Crippen LogP contribution in [0.1, 0.15) is 76.3 Å². The second-order valence-electron chi connectivity index (χ2n) is 8.42. The maximum atomic E-state index is 12.7. The van der Waals surface area contributed by atoms with Crippen molar-refractivity contribution in [1.29, 1.82) is 0 Å². The number of aromatic nitrogens is 1. The van der Waals surface area contributed by atoms with Gasteiger partial charge in [0.15, 0.2) is 5.13 Å². The lowest BCUT2D eigenvalue weighted by Crippen LogP contribution is -2.39. The van der Waals surface area contributed by atoms with Crippen molar-refractivity contribution in [3.8, 4) is 0 Å². The summed E-state index contributed by atoms with van der Waals surface area (Å²) in [6.45, 7) is 6.48. The molecule has 0 saturated heterocycles. The molecule has 28 heavy (non-hydrogen) atoms. The molecule has 0 aromatic carbocycles. The predicted molar refractivity (Wildman–Crippen MR) is 114 cm³/mol. The zero-order valence-corrected chi connectivity index (χ0v) is 18.9. The average molecular weight is 428 g/mol. The van der Waals surface area contributed by atoms with Gasteiger partial charge in [-0.2, -0.15) is 4.31 Å². The minimum atomic E-state index is -3.26. The Balaban J connectivity index is 1.56. The zero-order valence-electron chi connectivity index (χ0n) is 17.2. The van der Waals surface area contributed by atoms with Crippen LogP contribution in [0.2, 0.25) is 0 Å². The molecule has 3 rings (SSSR count). The lowest BCUT2D eigenvalue weighted by atomic mass is 9.79. The van der Waals surface area contributed by atoms with E-state index >= 15 is 0 Å². The number of carbonyl (C=O) groups is 1. The van der Waals surface area contributed by atoms with Gasteiger partial charge in [0, 0.05) is 30.3 Å². The van der Waals surface area contributed by atoms with Crippen LogP contribution in [0.5, 0.6) is 0 Å². The van der Waals surface area contributed by atoms with E-state index in [2.05, 4.69) is 17.2 Å². The first-order chi connectivity index (χ1) is 13.3. The molecule has 1 aliphatic heterocycles. The Morgan fingerprint density at radius 1 is 1.29 bits per heavy atom. The fourth-order valence-electron chi connectivity index (χ4n) is 4.15. The number of thiazole rings is 1. The van der Waals surface area contributed by atoms with Gasteiger partial charge in [-0.05, 0) is 45.4 Å². The quantitative estimate of drug-likeness (QED) is 0.708. The second kappa shape index (κ2) is 9.22. The Labute approximate surface area is 173 Å². The molecule has 8 heteroatoms. The van der Waals surface area contributed by atoms with Crippen LogP contribution in [0.15, 0.2) is 0 Å². The van der Waals surface area contributed by atoms with Crippen LogP contribution in [0.25, 0.3) is 0 Å². The lowest BCUT2D eigenvalue weighted by molar-refractivity contribution is -0.121. The molecule has 1 amide bonds. The van der Waals surface area contributed by atoms with Gasteiger partial charge in [-0.15, -0.1) is 11.3 Å². The molecule has 1 aromatic rings. The van der Waals surface area contributed by atoms with Crippen molar-refractivity contribution < 1.29 is 13.2 Å². The van der Waals surface area contributed by atoms with E-state index in [0.717, 1.165) is 42.2 Å². The Hall–Kier alpha value is -0.990. The number of hydrogen-bond acceptors (Lipinski definition) is 5. The summed E-state index contributed by atoms with van der Waals surface area (Å²) in [6.07, 6.45) is 8.65. The molecular weight excluding hydrogens is 394 g/mol. The molecule has 0 atom stereocenters. The lowest BCUT2D eigenvalue weighted by Gasteiger charge is -2.27. The molecule has 2 heterocycles. The average Bonchev–Trinajstić information content (AvgIpc) is 3.07. The van der Waals surface area contributed by atoms with Gasteiger partial charge in [-0.1, -0.05) is 26.2 Å². The molecule has 0 bridgehead atoms. The van der Waals surface area contributed by atoms with E-state index in [1.807, 2.05) is 0 Å². The minimum Gasteiger partial charge on any atom is -0.302 e. The first kappa shape index (κ1) is 21.7. The third kappa shape index (κ3) is 4.94. The fourth-order valence-corrected chi connectivity index (χ4v) is 6.51. The summed E-state index contributed by atoms with van der Waals surface area (Å²) >= 11 is 1.42. The summed E-state index contributed by atoms with van der Waals surface area (Å²) in [6, 6.07) is 0. The monoisotopic (exact) mass is 427 g/mol. The number of sulfonamides is 1. The molecular formula is C20H33N3O3S2. The van der Waals surface area contributed by atoms with Gasteiger partial charge in [-0.25, -0.2) is 13.4 Å². The number of hydrogen-bond donors (Lipinski definition) is 1. The number of nitrogens with zero attached hydrogens (tertiary/aromatic N) is 2. The van der Waals surface area contributed by atoms with E-state index in [1.165, 1.54) is 30.6 Å². The Bertz CT molecular complexity index is 781. The van der Waals surface area contributed by atoms with Crippen LogP contribution in [0, 0.1) is 11.8 Å². The van der Waals surface area contributed by atoms with E-state index in [0.29, 0.717) is 24.6 Å². The molecule has 2 aliphatic rings. The number of anilines is 1. The molecule has 6 nitrogen and oxygen atoms in total. The zero-order chi connectivity index (χ0) is 20.3. The highest BCUT2D eigenvalue weighted by molar-refractivity contribution is 7.89. The van der Waals surface area contributed by atoms with E-state index in [4.69, 9.17) is 0 Å². The van der Waals surface area contributed by atoms with Gasteiger partial charge in [0.1, 0.15) is 0 Å². The van der Waals surface area contributed by atoms with Gasteiger partial charge in [-0.3, -0.25) is 4.79 Å². The number of rotatable bonds is 7. The van der Waals surface area contributed by atoms with Crippen molar-refractivity contribution >= 4 is 32.4 Å². The van der Waals surface area contributed by atoms with Gasteiger partial charge in [0.25, 0.3) is 0 Å². The largest absolute Gasteiger partial charge is 0.302 e. The van der Waals surface area contributed by atoms with E-state index in [-0.39, 0.29) is 11.8 Å². The normalized spacial score (nSPS) is 23.6. The molecule has 1 N–H and O–H groups in total. The van der Waals surface area contributed by atoms with Crippen LogP contribution in [-0.2, 0) is 27.8 Å². The molecule has 1 aromatic heterocycles. The Morgan fingerprint density at radius 2 is 2.00 bits per heavy atom. The first-order valence-corrected chi connectivity index (χ1v) is 12.9. The topological polar surface area (TPSA) is 79.4 Å². The van der Waals surface area contributed by atoms with Crippen LogP contribution < -0.4 is 5.32 Å². The molecule has 0 unspecified atom stereocenters. The Kier molecular flexibility index (Phi) is 7.15. The third-order valence-corrected chi connectivity index (χ3v) is 9.29. The molecule has 1 fully saturated rings. The third-order valence-electron chi connectivity index (χ3n) is 6.07. The predicted octanol–water partition coefficient (Wildman–Crippen LogP) is 4.17. The summed E-state index contributed by atoms with van der Waals surface area (Å²) in [5.74, 6) is 0.938. The van der Waals surface area contributed by atoms with Gasteiger partial charge in [0.2, 0.25) is 15.9 Å². The maximum absolute atomic E-state index is 12.7. The molecule has 1 saturated carbocycles. The molecule has 0 spiro atoms. The number of nitrogens with one attached hydrogen (secondary N) is 1. The van der Waals surface area contributed by atoms with E-state index in [1.54, 1.807) is 18.2 Å². The van der Waals surface area contributed by atoms with E-state index < -0.39 is 15.3 Å². The van der Waals surface area contributed by atoms with Crippen LogP contribution in [0.3, 0.4) is 0 Å². The maximum Gasteiger partial charge on any atom is 0.229 e. The number of carbonyl (C=O) groups excluding carboxylic acids is 1. The summed E-state index contributed by atoms with van der Waals surface area (Å²) in [5, 5.41) is 3.20. The molecule has 158 valence electrons. The van der Waals surface area contributed by atoms with Gasteiger partial charge < -0.3 is 5.32 Å². The Morgan fingerprint density at radius 3 is 2.64 bits per heavy atom. The summed E-state index contributed by atoms with van der Waals surface area (Å²) in [5.41, 5.74) is 0.929. The van der Waals surface area contributed by atoms with Gasteiger partial charge in [0.05, 0.1) is 10.9 Å². The summed E-state index contributed by atoms with van der Waals surface area (Å²) in [7, 11) is -3.26. The van der Waals surface area contributed by atoms with Crippen molar-refractivity contribution in [2.24, 2.45) is 11.8 Å². The van der Waals surface area contributed by atoms with Crippen molar-refractivity contribution in [2.75, 3.05) is 11.9 Å². The minimum absolute atomic E-state index is 0.0756. The highest BCUT2D eigenvalue weighted by atomic mass is 32.2. The highest BCUT2D eigenvalue weighted by Crippen LogP contribution is 2.34. The molecule has 0 radical (unpaired) electrons. The highest BCUT2D eigenvalue weighted by Gasteiger charge is 2.32. The number of unbranched alkanes of at least 4 members (excludes halogenated alkanes) is 1.